The number of aliphatic hydroxyl groups is 1. The summed E-state index contributed by atoms with van der Waals surface area (Å²) in [5.74, 6) is 1.77. The quantitative estimate of drug-likeness (QED) is 0.841. The number of aliphatic hydroxyl groups excluding tert-OH is 1. The van der Waals surface area contributed by atoms with Gasteiger partial charge in [0.2, 0.25) is 0 Å². The van der Waals surface area contributed by atoms with Crippen molar-refractivity contribution < 1.29 is 24.4 Å². The third-order valence-electron chi connectivity index (χ3n) is 4.77. The van der Waals surface area contributed by atoms with Crippen molar-refractivity contribution in [1.29, 1.82) is 0 Å². The molecule has 3 rings (SSSR count). The van der Waals surface area contributed by atoms with Gasteiger partial charge in [0.15, 0.2) is 23.0 Å². The summed E-state index contributed by atoms with van der Waals surface area (Å²) >= 11 is 0. The Labute approximate surface area is 153 Å². The maximum Gasteiger partial charge on any atom is 0.165 e. The van der Waals surface area contributed by atoms with Gasteiger partial charge in [0.25, 0.3) is 0 Å². The first kappa shape index (κ1) is 18.1. The molecule has 0 saturated carbocycles. The number of hydrogen-bond acceptors (Lipinski definition) is 5. The number of hydrogen-bond donors (Lipinski definition) is 2. The molecule has 0 amide bonds. The summed E-state index contributed by atoms with van der Waals surface area (Å²) < 4.78 is 17.0. The predicted molar refractivity (Wildman–Crippen MR) is 100 cm³/mol. The third-order valence-corrected chi connectivity index (χ3v) is 4.77. The largest absolute Gasteiger partial charge is 0.504 e. The molecule has 1 aliphatic rings. The van der Waals surface area contributed by atoms with Crippen LogP contribution in [0.1, 0.15) is 48.1 Å². The number of fused-ring (bicyclic) bond motifs is 1. The van der Waals surface area contributed by atoms with E-state index in [1.54, 1.807) is 19.2 Å². The van der Waals surface area contributed by atoms with Gasteiger partial charge in [-0.1, -0.05) is 19.1 Å². The molecule has 2 unspecified atom stereocenters. The molecule has 138 valence electrons. The minimum atomic E-state index is -0.279. The molecular weight excluding hydrogens is 332 g/mol. The molecule has 1 heterocycles. The molecule has 2 atom stereocenters. The zero-order valence-electron chi connectivity index (χ0n) is 15.4. The van der Waals surface area contributed by atoms with Crippen molar-refractivity contribution in [3.05, 3.63) is 52.6 Å². The van der Waals surface area contributed by atoms with Crippen molar-refractivity contribution in [3.8, 4) is 23.0 Å². The minimum Gasteiger partial charge on any atom is -0.504 e. The maximum absolute atomic E-state index is 10.1. The van der Waals surface area contributed by atoms with Crippen molar-refractivity contribution in [2.75, 3.05) is 14.2 Å². The third kappa shape index (κ3) is 2.99. The van der Waals surface area contributed by atoms with E-state index in [1.807, 2.05) is 25.1 Å². The van der Waals surface area contributed by atoms with E-state index in [0.717, 1.165) is 22.4 Å². The van der Waals surface area contributed by atoms with Gasteiger partial charge in [-0.3, -0.25) is 0 Å². The topological polar surface area (TPSA) is 68.2 Å². The van der Waals surface area contributed by atoms with E-state index in [-0.39, 0.29) is 24.4 Å². The lowest BCUT2D eigenvalue weighted by Crippen LogP contribution is -2.08. The number of allylic oxidation sites excluding steroid dienone is 1. The van der Waals surface area contributed by atoms with Gasteiger partial charge in [-0.25, -0.2) is 0 Å². The Morgan fingerprint density at radius 2 is 1.85 bits per heavy atom. The van der Waals surface area contributed by atoms with E-state index in [9.17, 15) is 10.2 Å². The second kappa shape index (κ2) is 7.30. The lowest BCUT2D eigenvalue weighted by molar-refractivity contribution is 0.206. The van der Waals surface area contributed by atoms with Crippen molar-refractivity contribution in [2.24, 2.45) is 0 Å². The Bertz CT molecular complexity index is 816. The van der Waals surface area contributed by atoms with Crippen molar-refractivity contribution in [1.82, 2.24) is 0 Å². The van der Waals surface area contributed by atoms with Crippen LogP contribution in [-0.2, 0) is 6.61 Å². The smallest absolute Gasteiger partial charge is 0.165 e. The van der Waals surface area contributed by atoms with E-state index in [0.29, 0.717) is 17.1 Å². The highest BCUT2D eigenvalue weighted by Crippen LogP contribution is 2.51. The van der Waals surface area contributed by atoms with Crippen LogP contribution in [0.15, 0.2) is 30.3 Å². The van der Waals surface area contributed by atoms with Crippen molar-refractivity contribution in [2.45, 2.75) is 32.5 Å². The average Bonchev–Trinajstić information content (AvgIpc) is 2.98. The lowest BCUT2D eigenvalue weighted by Gasteiger charge is -2.19. The first-order chi connectivity index (χ1) is 12.5. The maximum atomic E-state index is 10.1. The highest BCUT2D eigenvalue weighted by molar-refractivity contribution is 5.62. The van der Waals surface area contributed by atoms with Gasteiger partial charge in [0.1, 0.15) is 6.10 Å². The molecule has 0 fully saturated rings. The first-order valence-corrected chi connectivity index (χ1v) is 8.55. The van der Waals surface area contributed by atoms with E-state index in [2.05, 4.69) is 13.0 Å². The Balaban J connectivity index is 2.07. The molecule has 0 saturated heterocycles. The molecule has 5 nitrogen and oxygen atoms in total. The van der Waals surface area contributed by atoms with Crippen LogP contribution in [0.25, 0.3) is 6.08 Å². The standard InChI is InChI=1S/C21H24O5/c1-5-6-13-7-16-12(2)20(26-21(16)18(8-13)25-4)14-9-15(11-22)19(23)17(10-14)24-3/h5-10,12,20,22-23H,11H2,1-4H3/b6-5+. The SMILES string of the molecule is C/C=C/c1cc(OC)c2c(c1)C(C)C(c1cc(CO)c(O)c(OC)c1)O2. The number of methoxy groups -OCH3 is 2. The fraction of sp³-hybridized carbons (Fsp3) is 0.333. The summed E-state index contributed by atoms with van der Waals surface area (Å²) in [5.41, 5.74) is 3.37. The van der Waals surface area contributed by atoms with Gasteiger partial charge in [-0.2, -0.15) is 0 Å². The molecule has 0 aromatic heterocycles. The van der Waals surface area contributed by atoms with Crippen LogP contribution >= 0.6 is 0 Å². The van der Waals surface area contributed by atoms with Crippen LogP contribution < -0.4 is 14.2 Å². The van der Waals surface area contributed by atoms with Crippen molar-refractivity contribution in [3.63, 3.8) is 0 Å². The number of ether oxygens (including phenoxy) is 3. The van der Waals surface area contributed by atoms with E-state index in [4.69, 9.17) is 14.2 Å². The van der Waals surface area contributed by atoms with Gasteiger partial charge in [-0.05, 0) is 42.3 Å². The summed E-state index contributed by atoms with van der Waals surface area (Å²) in [4.78, 5) is 0. The second-order valence-corrected chi connectivity index (χ2v) is 6.36. The zero-order chi connectivity index (χ0) is 18.8. The normalized spacial score (nSPS) is 18.7. The van der Waals surface area contributed by atoms with Gasteiger partial charge in [-0.15, -0.1) is 0 Å². The van der Waals surface area contributed by atoms with Crippen LogP contribution in [0, 0.1) is 0 Å². The van der Waals surface area contributed by atoms with Crippen LogP contribution in [0.5, 0.6) is 23.0 Å². The van der Waals surface area contributed by atoms with Gasteiger partial charge in [0, 0.05) is 17.0 Å². The van der Waals surface area contributed by atoms with Gasteiger partial charge < -0.3 is 24.4 Å². The minimum absolute atomic E-state index is 0.0464. The molecule has 0 bridgehead atoms. The predicted octanol–water partition coefficient (Wildman–Crippen LogP) is 4.17. The van der Waals surface area contributed by atoms with Crippen molar-refractivity contribution >= 4 is 6.08 Å². The number of benzene rings is 2. The molecule has 26 heavy (non-hydrogen) atoms. The summed E-state index contributed by atoms with van der Waals surface area (Å²) in [6.07, 6.45) is 3.74. The van der Waals surface area contributed by atoms with Crippen LogP contribution in [0.3, 0.4) is 0 Å². The van der Waals surface area contributed by atoms with Crippen LogP contribution in [0.4, 0.5) is 0 Å². The Morgan fingerprint density at radius 3 is 2.46 bits per heavy atom. The molecule has 0 spiro atoms. The summed E-state index contributed by atoms with van der Waals surface area (Å²) in [7, 11) is 3.11. The Kier molecular flexibility index (Phi) is 5.09. The number of aromatic hydroxyl groups is 1. The summed E-state index contributed by atoms with van der Waals surface area (Å²) in [6.45, 7) is 3.79. The highest BCUT2D eigenvalue weighted by Gasteiger charge is 2.35. The van der Waals surface area contributed by atoms with E-state index < -0.39 is 0 Å². The Hall–Kier alpha value is -2.66. The molecular formula is C21H24O5. The molecule has 2 aromatic carbocycles. The summed E-state index contributed by atoms with van der Waals surface area (Å²) in [5, 5.41) is 19.7. The monoisotopic (exact) mass is 356 g/mol. The fourth-order valence-corrected chi connectivity index (χ4v) is 3.43. The summed E-state index contributed by atoms with van der Waals surface area (Å²) in [6, 6.07) is 7.56. The molecule has 2 aromatic rings. The fourth-order valence-electron chi connectivity index (χ4n) is 3.43. The number of rotatable bonds is 5. The molecule has 2 N–H and O–H groups in total. The van der Waals surface area contributed by atoms with E-state index in [1.165, 1.54) is 7.11 Å². The number of phenols is 1. The Morgan fingerprint density at radius 1 is 1.12 bits per heavy atom. The average molecular weight is 356 g/mol. The molecule has 0 radical (unpaired) electrons. The molecule has 1 aliphatic heterocycles. The van der Waals surface area contributed by atoms with Gasteiger partial charge in [0.05, 0.1) is 20.8 Å². The van der Waals surface area contributed by atoms with Crippen LogP contribution in [-0.4, -0.2) is 24.4 Å². The first-order valence-electron chi connectivity index (χ1n) is 8.55. The van der Waals surface area contributed by atoms with E-state index >= 15 is 0 Å². The second-order valence-electron chi connectivity index (χ2n) is 6.36. The van der Waals surface area contributed by atoms with Gasteiger partial charge >= 0.3 is 0 Å². The zero-order valence-corrected chi connectivity index (χ0v) is 15.4. The molecule has 5 heteroatoms. The molecule has 0 aliphatic carbocycles. The van der Waals surface area contributed by atoms with Crippen LogP contribution in [0.2, 0.25) is 0 Å². The highest BCUT2D eigenvalue weighted by atomic mass is 16.5. The lowest BCUT2D eigenvalue weighted by atomic mass is 9.90.